The molecular formula is C31H34O4. The van der Waals surface area contributed by atoms with Crippen LogP contribution >= 0.6 is 0 Å². The number of hydrogen-bond acceptors (Lipinski definition) is 4. The minimum Gasteiger partial charge on any atom is -0.494 e. The molecule has 4 heteroatoms. The lowest BCUT2D eigenvalue weighted by Crippen LogP contribution is -2.22. The van der Waals surface area contributed by atoms with E-state index in [0.29, 0.717) is 17.9 Å². The topological polar surface area (TPSA) is 47.9 Å². The predicted octanol–water partition coefficient (Wildman–Crippen LogP) is 7.67. The molecular weight excluding hydrogens is 436 g/mol. The first kappa shape index (κ1) is 25.9. The number of rotatable bonds is 10. The number of aliphatic hydroxyl groups excluding tert-OH is 1. The Balaban J connectivity index is 1.72. The van der Waals surface area contributed by atoms with Gasteiger partial charge in [-0.2, -0.15) is 0 Å². The zero-order chi connectivity index (χ0) is 25.3. The second-order valence-electron chi connectivity index (χ2n) is 9.01. The van der Waals surface area contributed by atoms with Crippen molar-refractivity contribution in [1.82, 2.24) is 0 Å². The van der Waals surface area contributed by atoms with Crippen molar-refractivity contribution in [2.45, 2.75) is 39.6 Å². The van der Waals surface area contributed by atoms with Gasteiger partial charge >= 0.3 is 0 Å². The lowest BCUT2D eigenvalue weighted by atomic mass is 10.1. The molecule has 0 aromatic heterocycles. The highest BCUT2D eigenvalue weighted by molar-refractivity contribution is 5.61. The molecule has 3 rings (SSSR count). The van der Waals surface area contributed by atoms with Crippen LogP contribution in [0.25, 0.3) is 18.2 Å². The molecule has 0 aliphatic carbocycles. The maximum absolute atomic E-state index is 10.5. The van der Waals surface area contributed by atoms with Gasteiger partial charge in [0.1, 0.15) is 22.9 Å². The molecule has 0 aliphatic rings. The molecule has 0 aliphatic heterocycles. The van der Waals surface area contributed by atoms with Crippen molar-refractivity contribution in [2.24, 2.45) is 0 Å². The number of ether oxygens (including phenoxy) is 3. The van der Waals surface area contributed by atoms with Crippen molar-refractivity contribution >= 4 is 18.2 Å². The van der Waals surface area contributed by atoms with Gasteiger partial charge in [-0.25, -0.2) is 0 Å². The third-order valence-corrected chi connectivity index (χ3v) is 4.90. The van der Waals surface area contributed by atoms with Gasteiger partial charge in [-0.05, 0) is 86.9 Å². The summed E-state index contributed by atoms with van der Waals surface area (Å²) in [6.45, 7) is 12.4. The zero-order valence-corrected chi connectivity index (χ0v) is 20.9. The van der Waals surface area contributed by atoms with Gasteiger partial charge in [0, 0.05) is 5.56 Å². The fourth-order valence-corrected chi connectivity index (χ4v) is 3.36. The van der Waals surface area contributed by atoms with Crippen molar-refractivity contribution in [3.05, 3.63) is 113 Å². The van der Waals surface area contributed by atoms with Gasteiger partial charge in [-0.15, -0.1) is 0 Å². The molecule has 182 valence electrons. The van der Waals surface area contributed by atoms with Crippen molar-refractivity contribution in [1.29, 1.82) is 0 Å². The Hall–Kier alpha value is -3.76. The number of aliphatic hydroxyl groups is 1. The predicted molar refractivity (Wildman–Crippen MR) is 144 cm³/mol. The van der Waals surface area contributed by atoms with Crippen LogP contribution in [0.2, 0.25) is 0 Å². The Morgan fingerprint density at radius 2 is 1.63 bits per heavy atom. The largest absolute Gasteiger partial charge is 0.494 e. The van der Waals surface area contributed by atoms with Gasteiger partial charge < -0.3 is 19.3 Å². The van der Waals surface area contributed by atoms with Crippen LogP contribution < -0.4 is 9.47 Å². The maximum atomic E-state index is 10.5. The lowest BCUT2D eigenvalue weighted by Gasteiger charge is -2.21. The van der Waals surface area contributed by atoms with Crippen molar-refractivity contribution < 1.29 is 19.3 Å². The smallest absolute Gasteiger partial charge is 0.224 e. The molecule has 4 nitrogen and oxygen atoms in total. The molecule has 1 unspecified atom stereocenters. The first-order valence-electron chi connectivity index (χ1n) is 11.7. The van der Waals surface area contributed by atoms with Crippen LogP contribution in [-0.2, 0) is 4.74 Å². The maximum Gasteiger partial charge on any atom is 0.224 e. The molecule has 1 N–H and O–H groups in total. The monoisotopic (exact) mass is 470 g/mol. The molecule has 1 atom stereocenters. The van der Waals surface area contributed by atoms with Crippen LogP contribution in [0.3, 0.4) is 0 Å². The number of hydrogen-bond donors (Lipinski definition) is 1. The van der Waals surface area contributed by atoms with E-state index in [9.17, 15) is 5.11 Å². The van der Waals surface area contributed by atoms with E-state index in [1.54, 1.807) is 6.08 Å². The van der Waals surface area contributed by atoms with E-state index in [-0.39, 0.29) is 5.60 Å². The highest BCUT2D eigenvalue weighted by atomic mass is 16.6. The third kappa shape index (κ3) is 8.51. The van der Waals surface area contributed by atoms with Crippen molar-refractivity contribution in [3.8, 4) is 11.5 Å². The summed E-state index contributed by atoms with van der Waals surface area (Å²) in [5, 5.41) is 10.5. The molecule has 35 heavy (non-hydrogen) atoms. The fourth-order valence-electron chi connectivity index (χ4n) is 3.36. The second kappa shape index (κ2) is 12.1. The third-order valence-electron chi connectivity index (χ3n) is 4.90. The summed E-state index contributed by atoms with van der Waals surface area (Å²) in [6.07, 6.45) is 6.53. The number of allylic oxidation sites excluding steroid dienone is 1. The van der Waals surface area contributed by atoms with Gasteiger partial charge in [-0.3, -0.25) is 0 Å². The van der Waals surface area contributed by atoms with E-state index >= 15 is 0 Å². The highest BCUT2D eigenvalue weighted by Gasteiger charge is 2.11. The highest BCUT2D eigenvalue weighted by Crippen LogP contribution is 2.24. The average Bonchev–Trinajstić information content (AvgIpc) is 2.83. The van der Waals surface area contributed by atoms with Crippen LogP contribution in [0.15, 0.2) is 91.2 Å². The lowest BCUT2D eigenvalue weighted by molar-refractivity contribution is -0.0194. The summed E-state index contributed by atoms with van der Waals surface area (Å²) >= 11 is 0. The van der Waals surface area contributed by atoms with Crippen LogP contribution in [0, 0.1) is 0 Å². The summed E-state index contributed by atoms with van der Waals surface area (Å²) in [5.74, 6) is 2.14. The fraction of sp³-hybridized carbons (Fsp3) is 0.226. The van der Waals surface area contributed by atoms with E-state index in [1.165, 1.54) is 0 Å². The Labute approximate surface area is 208 Å². The van der Waals surface area contributed by atoms with E-state index < -0.39 is 6.29 Å². The van der Waals surface area contributed by atoms with E-state index in [0.717, 1.165) is 28.2 Å². The Bertz CT molecular complexity index is 1170. The second-order valence-corrected chi connectivity index (χ2v) is 9.01. The molecule has 0 heterocycles. The Morgan fingerprint density at radius 3 is 2.31 bits per heavy atom. The van der Waals surface area contributed by atoms with Crippen molar-refractivity contribution in [2.75, 3.05) is 6.61 Å². The van der Waals surface area contributed by atoms with Crippen LogP contribution in [0.5, 0.6) is 11.5 Å². The van der Waals surface area contributed by atoms with Crippen molar-refractivity contribution in [3.63, 3.8) is 0 Å². The Morgan fingerprint density at radius 1 is 0.914 bits per heavy atom. The summed E-state index contributed by atoms with van der Waals surface area (Å²) in [7, 11) is 0. The van der Waals surface area contributed by atoms with Crippen LogP contribution in [0.1, 0.15) is 56.2 Å². The molecule has 0 saturated carbocycles. The van der Waals surface area contributed by atoms with Crippen LogP contribution in [-0.4, -0.2) is 17.3 Å². The first-order valence-corrected chi connectivity index (χ1v) is 11.7. The molecule has 0 bridgehead atoms. The molecule has 0 fully saturated rings. The first-order chi connectivity index (χ1) is 16.8. The van der Waals surface area contributed by atoms with Crippen LogP contribution in [0.4, 0.5) is 0 Å². The standard InChI is InChI=1S/C31H34O4/c1-6-23-10-8-12-26(20-23)30(32)34-29-13-9-11-24(22-29)16-19-28(33-7-2)21-25-14-17-27(18-15-25)35-31(3,4)5/h6,8-22,30,32H,1,7H2,2-5H3. The molecule has 3 aromatic carbocycles. The summed E-state index contributed by atoms with van der Waals surface area (Å²) in [5.41, 5.74) is 3.30. The molecule has 0 amide bonds. The van der Waals surface area contributed by atoms with Gasteiger partial charge in [0.25, 0.3) is 0 Å². The molecule has 0 radical (unpaired) electrons. The Kier molecular flexibility index (Phi) is 8.93. The summed E-state index contributed by atoms with van der Waals surface area (Å²) < 4.78 is 17.5. The SMILES string of the molecule is C=Cc1cccc(C(O)Oc2cccc(C=CC(=Cc3ccc(OC(C)(C)C)cc3)OCC)c2)c1. The summed E-state index contributed by atoms with van der Waals surface area (Å²) in [6, 6.07) is 22.9. The van der Waals surface area contributed by atoms with Gasteiger partial charge in [-0.1, -0.05) is 61.2 Å². The zero-order valence-electron chi connectivity index (χ0n) is 20.9. The average molecular weight is 471 g/mol. The number of benzene rings is 3. The molecule has 3 aromatic rings. The van der Waals surface area contributed by atoms with Gasteiger partial charge in [0.05, 0.1) is 6.61 Å². The quantitative estimate of drug-likeness (QED) is 0.188. The van der Waals surface area contributed by atoms with Gasteiger partial charge in [0.15, 0.2) is 0 Å². The van der Waals surface area contributed by atoms with E-state index in [4.69, 9.17) is 14.2 Å². The molecule has 0 spiro atoms. The minimum atomic E-state index is -1.07. The molecule has 0 saturated heterocycles. The van der Waals surface area contributed by atoms with E-state index in [1.807, 2.05) is 119 Å². The van der Waals surface area contributed by atoms with E-state index in [2.05, 4.69) is 6.58 Å². The normalized spacial score (nSPS) is 12.9. The van der Waals surface area contributed by atoms with Gasteiger partial charge in [0.2, 0.25) is 6.29 Å². The summed E-state index contributed by atoms with van der Waals surface area (Å²) in [4.78, 5) is 0. The minimum absolute atomic E-state index is 0.236.